The summed E-state index contributed by atoms with van der Waals surface area (Å²) in [5, 5.41) is 17.3. The molecule has 0 aliphatic rings. The van der Waals surface area contributed by atoms with E-state index < -0.39 is 19.0 Å². The standard InChI is InChI=1S/C11H6F4N2O/c12-10(13)11(14,15)6-18-9-2-1-7(4-16)8(3-9)5-17/h1-3,10H,6H2. The second-order valence-corrected chi connectivity index (χ2v) is 3.28. The summed E-state index contributed by atoms with van der Waals surface area (Å²) in [6.45, 7) is -1.50. The molecule has 0 aliphatic heterocycles. The highest BCUT2D eigenvalue weighted by atomic mass is 19.3. The molecule has 1 rings (SSSR count). The van der Waals surface area contributed by atoms with Gasteiger partial charge in [0.05, 0.1) is 11.1 Å². The summed E-state index contributed by atoms with van der Waals surface area (Å²) >= 11 is 0. The van der Waals surface area contributed by atoms with Crippen LogP contribution < -0.4 is 4.74 Å². The molecule has 0 atom stereocenters. The van der Waals surface area contributed by atoms with Crippen LogP contribution in [0.5, 0.6) is 5.75 Å². The molecule has 1 aromatic rings. The largest absolute Gasteiger partial charge is 0.487 e. The molecule has 0 saturated heterocycles. The van der Waals surface area contributed by atoms with E-state index in [2.05, 4.69) is 4.74 Å². The fraction of sp³-hybridized carbons (Fsp3) is 0.273. The molecule has 0 aromatic heterocycles. The van der Waals surface area contributed by atoms with Crippen molar-refractivity contribution >= 4 is 0 Å². The molecule has 0 radical (unpaired) electrons. The highest BCUT2D eigenvalue weighted by molar-refractivity contribution is 5.49. The van der Waals surface area contributed by atoms with Gasteiger partial charge in [0.15, 0.2) is 6.61 Å². The second kappa shape index (κ2) is 5.37. The molecule has 18 heavy (non-hydrogen) atoms. The smallest absolute Gasteiger partial charge is 0.340 e. The molecule has 0 heterocycles. The number of rotatable bonds is 4. The van der Waals surface area contributed by atoms with Crippen LogP contribution in [0.2, 0.25) is 0 Å². The van der Waals surface area contributed by atoms with Crippen molar-refractivity contribution in [3.63, 3.8) is 0 Å². The number of alkyl halides is 4. The molecule has 0 spiro atoms. The summed E-state index contributed by atoms with van der Waals surface area (Å²) in [4.78, 5) is 0. The predicted octanol–water partition coefficient (Wildman–Crippen LogP) is 2.71. The lowest BCUT2D eigenvalue weighted by Crippen LogP contribution is -2.33. The third kappa shape index (κ3) is 3.11. The van der Waals surface area contributed by atoms with Gasteiger partial charge in [-0.05, 0) is 18.2 Å². The number of ether oxygens (including phenoxy) is 1. The van der Waals surface area contributed by atoms with Gasteiger partial charge in [0.2, 0.25) is 0 Å². The Balaban J connectivity index is 2.83. The van der Waals surface area contributed by atoms with Crippen molar-refractivity contribution in [1.82, 2.24) is 0 Å². The van der Waals surface area contributed by atoms with Crippen molar-refractivity contribution in [3.8, 4) is 17.9 Å². The van der Waals surface area contributed by atoms with Crippen LogP contribution in [0.4, 0.5) is 17.6 Å². The Morgan fingerprint density at radius 2 is 1.78 bits per heavy atom. The Morgan fingerprint density at radius 3 is 2.28 bits per heavy atom. The first-order valence-electron chi connectivity index (χ1n) is 4.63. The third-order valence-corrected chi connectivity index (χ3v) is 1.98. The zero-order valence-corrected chi connectivity index (χ0v) is 8.83. The van der Waals surface area contributed by atoms with Crippen LogP contribution in [0.25, 0.3) is 0 Å². The number of benzene rings is 1. The maximum Gasteiger partial charge on any atom is 0.340 e. The predicted molar refractivity (Wildman–Crippen MR) is 52.3 cm³/mol. The van der Waals surface area contributed by atoms with Gasteiger partial charge in [-0.1, -0.05) is 0 Å². The minimum absolute atomic E-state index is 0.0467. The first-order chi connectivity index (χ1) is 8.40. The van der Waals surface area contributed by atoms with Crippen molar-refractivity contribution in [2.45, 2.75) is 12.3 Å². The molecule has 0 aliphatic carbocycles. The first-order valence-corrected chi connectivity index (χ1v) is 4.63. The van der Waals surface area contributed by atoms with Crippen LogP contribution in [0, 0.1) is 22.7 Å². The van der Waals surface area contributed by atoms with Gasteiger partial charge in [-0.2, -0.15) is 19.3 Å². The zero-order valence-electron chi connectivity index (χ0n) is 8.83. The van der Waals surface area contributed by atoms with Gasteiger partial charge in [0, 0.05) is 0 Å². The first kappa shape index (κ1) is 13.8. The average Bonchev–Trinajstić information content (AvgIpc) is 2.35. The summed E-state index contributed by atoms with van der Waals surface area (Å²) < 4.78 is 53.3. The van der Waals surface area contributed by atoms with E-state index >= 15 is 0 Å². The number of nitrogens with zero attached hydrogens (tertiary/aromatic N) is 2. The normalized spacial score (nSPS) is 10.8. The molecule has 0 fully saturated rings. The van der Waals surface area contributed by atoms with Crippen molar-refractivity contribution < 1.29 is 22.3 Å². The second-order valence-electron chi connectivity index (χ2n) is 3.28. The summed E-state index contributed by atoms with van der Waals surface area (Å²) in [5.41, 5.74) is -0.0270. The topological polar surface area (TPSA) is 56.8 Å². The SMILES string of the molecule is N#Cc1ccc(OCC(F)(F)C(F)F)cc1C#N. The van der Waals surface area contributed by atoms with Crippen molar-refractivity contribution in [2.24, 2.45) is 0 Å². The lowest BCUT2D eigenvalue weighted by Gasteiger charge is -2.16. The molecular weight excluding hydrogens is 252 g/mol. The van der Waals surface area contributed by atoms with Crippen molar-refractivity contribution in [1.29, 1.82) is 10.5 Å². The monoisotopic (exact) mass is 258 g/mol. The van der Waals surface area contributed by atoms with E-state index in [1.165, 1.54) is 6.07 Å². The van der Waals surface area contributed by atoms with E-state index in [0.717, 1.165) is 12.1 Å². The van der Waals surface area contributed by atoms with Crippen molar-refractivity contribution in [2.75, 3.05) is 6.61 Å². The Morgan fingerprint density at radius 1 is 1.17 bits per heavy atom. The quantitative estimate of drug-likeness (QED) is 0.780. The molecule has 0 amide bonds. The maximum absolute atomic E-state index is 12.6. The Labute approximate surface area is 99.8 Å². The lowest BCUT2D eigenvalue weighted by atomic mass is 10.1. The minimum Gasteiger partial charge on any atom is -0.487 e. The Hall–Kier alpha value is -2.28. The summed E-state index contributed by atoms with van der Waals surface area (Å²) in [6.07, 6.45) is -3.83. The molecule has 0 saturated carbocycles. The van der Waals surface area contributed by atoms with Crippen LogP contribution >= 0.6 is 0 Å². The molecule has 1 aromatic carbocycles. The molecule has 94 valence electrons. The van der Waals surface area contributed by atoms with Crippen LogP contribution in [0.3, 0.4) is 0 Å². The van der Waals surface area contributed by atoms with E-state index in [0.29, 0.717) is 0 Å². The molecule has 0 bridgehead atoms. The number of hydrogen-bond acceptors (Lipinski definition) is 3. The Bertz CT molecular complexity index is 517. The van der Waals surface area contributed by atoms with Crippen LogP contribution in [-0.2, 0) is 0 Å². The van der Waals surface area contributed by atoms with Gasteiger partial charge in [-0.25, -0.2) is 8.78 Å². The third-order valence-electron chi connectivity index (χ3n) is 1.98. The molecule has 3 nitrogen and oxygen atoms in total. The van der Waals surface area contributed by atoms with E-state index in [9.17, 15) is 17.6 Å². The van der Waals surface area contributed by atoms with Gasteiger partial charge < -0.3 is 4.74 Å². The number of hydrogen-bond donors (Lipinski definition) is 0. The van der Waals surface area contributed by atoms with E-state index in [1.807, 2.05) is 0 Å². The highest BCUT2D eigenvalue weighted by Gasteiger charge is 2.41. The number of nitriles is 2. The summed E-state index contributed by atoms with van der Waals surface area (Å²) in [5.74, 6) is -4.44. The Kier molecular flexibility index (Phi) is 4.11. The zero-order chi connectivity index (χ0) is 13.8. The molecule has 7 heteroatoms. The highest BCUT2D eigenvalue weighted by Crippen LogP contribution is 2.25. The lowest BCUT2D eigenvalue weighted by molar-refractivity contribution is -0.148. The maximum atomic E-state index is 12.6. The van der Waals surface area contributed by atoms with E-state index in [4.69, 9.17) is 10.5 Å². The van der Waals surface area contributed by atoms with Crippen LogP contribution in [-0.4, -0.2) is 19.0 Å². The van der Waals surface area contributed by atoms with Crippen molar-refractivity contribution in [3.05, 3.63) is 29.3 Å². The van der Waals surface area contributed by atoms with Gasteiger partial charge in [0.25, 0.3) is 0 Å². The molecular formula is C11H6F4N2O. The van der Waals surface area contributed by atoms with Gasteiger partial charge in [-0.15, -0.1) is 0 Å². The van der Waals surface area contributed by atoms with E-state index in [1.54, 1.807) is 12.1 Å². The van der Waals surface area contributed by atoms with E-state index in [-0.39, 0.29) is 16.9 Å². The fourth-order valence-electron chi connectivity index (χ4n) is 1.05. The van der Waals surface area contributed by atoms with Crippen LogP contribution in [0.15, 0.2) is 18.2 Å². The number of halogens is 4. The van der Waals surface area contributed by atoms with Gasteiger partial charge >= 0.3 is 12.3 Å². The fourth-order valence-corrected chi connectivity index (χ4v) is 1.05. The molecule has 0 N–H and O–H groups in total. The summed E-state index contributed by atoms with van der Waals surface area (Å²) in [6, 6.07) is 6.77. The van der Waals surface area contributed by atoms with Gasteiger partial charge in [-0.3, -0.25) is 0 Å². The minimum atomic E-state index is -4.26. The summed E-state index contributed by atoms with van der Waals surface area (Å²) in [7, 11) is 0. The molecule has 0 unspecified atom stereocenters. The van der Waals surface area contributed by atoms with Gasteiger partial charge in [0.1, 0.15) is 17.9 Å². The average molecular weight is 258 g/mol. The van der Waals surface area contributed by atoms with Crippen LogP contribution in [0.1, 0.15) is 11.1 Å².